The first kappa shape index (κ1) is 15.1. The molecule has 13 heavy (non-hydrogen) atoms. The summed E-state index contributed by atoms with van der Waals surface area (Å²) in [4.78, 5) is 0. The van der Waals surface area contributed by atoms with Gasteiger partial charge in [0.15, 0.2) is 6.17 Å². The summed E-state index contributed by atoms with van der Waals surface area (Å²) in [7, 11) is 0. The maximum Gasteiger partial charge on any atom is 0.271 e. The first-order valence-corrected chi connectivity index (χ1v) is 3.37. The van der Waals surface area contributed by atoms with Crippen molar-refractivity contribution in [2.24, 2.45) is 0 Å². The van der Waals surface area contributed by atoms with Crippen LogP contribution in [0.3, 0.4) is 0 Å². The summed E-state index contributed by atoms with van der Waals surface area (Å²) in [6.07, 6.45) is -8.18. The second-order valence-corrected chi connectivity index (χ2v) is 1.94. The minimum atomic E-state index is -3.05. The number of aliphatic hydroxyl groups excluding tert-OH is 2. The molecule has 0 rings (SSSR count). The lowest BCUT2D eigenvalue weighted by atomic mass is 10.4. The van der Waals surface area contributed by atoms with Crippen molar-refractivity contribution in [2.75, 3.05) is 13.2 Å². The monoisotopic (exact) mass is 210 g/mol. The van der Waals surface area contributed by atoms with Crippen LogP contribution in [0, 0.1) is 0 Å². The molecule has 0 spiro atoms. The quantitative estimate of drug-likeness (QED) is 0.685. The van der Waals surface area contributed by atoms with E-state index in [2.05, 4.69) is 0 Å². The molecule has 2 N–H and O–H groups in total. The van der Waals surface area contributed by atoms with Crippen molar-refractivity contribution in [1.82, 2.24) is 0 Å². The Bertz CT molecular complexity index is 101. The van der Waals surface area contributed by atoms with E-state index in [1.165, 1.54) is 0 Å². The van der Waals surface area contributed by atoms with Crippen LogP contribution >= 0.6 is 0 Å². The number of hydrogen-bond acceptors (Lipinski definition) is 2. The van der Waals surface area contributed by atoms with E-state index in [0.717, 1.165) is 0 Å². The second kappa shape index (κ2) is 9.66. The van der Waals surface area contributed by atoms with Crippen LogP contribution in [0.25, 0.3) is 0 Å². The van der Waals surface area contributed by atoms with Gasteiger partial charge in [-0.2, -0.15) is 0 Å². The standard InChI is InChI=1S/C3H5F3O.C3H6F2O/c4-2(1-7)3(5)6;4-3(5)1-2-6/h2-3,7H,1H2;3,6H,1-2H2. The first-order valence-electron chi connectivity index (χ1n) is 3.37. The van der Waals surface area contributed by atoms with Gasteiger partial charge in [0.25, 0.3) is 6.43 Å². The highest BCUT2D eigenvalue weighted by molar-refractivity contribution is 4.52. The van der Waals surface area contributed by atoms with Crippen LogP contribution in [0.15, 0.2) is 0 Å². The van der Waals surface area contributed by atoms with E-state index in [-0.39, 0.29) is 0 Å². The molecule has 82 valence electrons. The van der Waals surface area contributed by atoms with Gasteiger partial charge in [0, 0.05) is 13.0 Å². The molecular weight excluding hydrogens is 199 g/mol. The van der Waals surface area contributed by atoms with Gasteiger partial charge in [-0.3, -0.25) is 0 Å². The largest absolute Gasteiger partial charge is 0.396 e. The Labute approximate surface area is 72.0 Å². The molecule has 7 heteroatoms. The number of halogens is 5. The second-order valence-electron chi connectivity index (χ2n) is 1.94. The summed E-state index contributed by atoms with van der Waals surface area (Å²) in [5.41, 5.74) is 0. The highest BCUT2D eigenvalue weighted by Crippen LogP contribution is 2.02. The highest BCUT2D eigenvalue weighted by atomic mass is 19.3. The molecule has 0 saturated carbocycles. The lowest BCUT2D eigenvalue weighted by molar-refractivity contribution is 0.0170. The maximum absolute atomic E-state index is 11.3. The van der Waals surface area contributed by atoms with Crippen molar-refractivity contribution < 1.29 is 32.2 Å². The molecule has 0 bridgehead atoms. The Morgan fingerprint density at radius 2 is 1.38 bits per heavy atom. The molecule has 1 atom stereocenters. The van der Waals surface area contributed by atoms with E-state index in [0.29, 0.717) is 0 Å². The van der Waals surface area contributed by atoms with Gasteiger partial charge in [0.2, 0.25) is 6.43 Å². The maximum atomic E-state index is 11.3. The van der Waals surface area contributed by atoms with Crippen LogP contribution in [0.5, 0.6) is 0 Å². The Balaban J connectivity index is 0. The highest BCUT2D eigenvalue weighted by Gasteiger charge is 2.16. The SMILES string of the molecule is OCC(F)C(F)F.OCCC(F)F. The van der Waals surface area contributed by atoms with Gasteiger partial charge in [-0.1, -0.05) is 0 Å². The van der Waals surface area contributed by atoms with Gasteiger partial charge in [0.1, 0.15) is 0 Å². The zero-order valence-corrected chi connectivity index (χ0v) is 6.64. The van der Waals surface area contributed by atoms with Crippen molar-refractivity contribution in [3.8, 4) is 0 Å². The van der Waals surface area contributed by atoms with E-state index in [1.54, 1.807) is 0 Å². The lowest BCUT2D eigenvalue weighted by Crippen LogP contribution is -2.15. The third kappa shape index (κ3) is 14.4. The smallest absolute Gasteiger partial charge is 0.271 e. The van der Waals surface area contributed by atoms with E-state index >= 15 is 0 Å². The molecule has 0 aromatic heterocycles. The molecule has 0 aromatic carbocycles. The van der Waals surface area contributed by atoms with Crippen LogP contribution < -0.4 is 0 Å². The summed E-state index contributed by atoms with van der Waals surface area (Å²) in [5, 5.41) is 15.4. The fraction of sp³-hybridized carbons (Fsp3) is 1.00. The fourth-order valence-electron chi connectivity index (χ4n) is 0.177. The fourth-order valence-corrected chi connectivity index (χ4v) is 0.177. The molecule has 2 nitrogen and oxygen atoms in total. The van der Waals surface area contributed by atoms with Crippen LogP contribution in [0.2, 0.25) is 0 Å². The van der Waals surface area contributed by atoms with Crippen LogP contribution in [0.4, 0.5) is 22.0 Å². The average Bonchev–Trinajstić information content (AvgIpc) is 2.03. The topological polar surface area (TPSA) is 40.5 Å². The molecule has 0 radical (unpaired) electrons. The van der Waals surface area contributed by atoms with Crippen molar-refractivity contribution in [3.05, 3.63) is 0 Å². The summed E-state index contributed by atoms with van der Waals surface area (Å²) in [6, 6.07) is 0. The number of rotatable bonds is 4. The molecule has 0 heterocycles. The molecule has 0 fully saturated rings. The third-order valence-corrected chi connectivity index (χ3v) is 0.795. The first-order chi connectivity index (χ1) is 5.95. The minimum Gasteiger partial charge on any atom is -0.396 e. The van der Waals surface area contributed by atoms with E-state index < -0.39 is 38.7 Å². The zero-order valence-electron chi connectivity index (χ0n) is 6.64. The molecule has 1 unspecified atom stereocenters. The Kier molecular flexibility index (Phi) is 11.2. The van der Waals surface area contributed by atoms with Gasteiger partial charge in [0.05, 0.1) is 6.61 Å². The third-order valence-electron chi connectivity index (χ3n) is 0.795. The molecule has 0 amide bonds. The van der Waals surface area contributed by atoms with Gasteiger partial charge in [-0.05, 0) is 0 Å². The summed E-state index contributed by atoms with van der Waals surface area (Å²) >= 11 is 0. The molecule has 0 aliphatic rings. The molecule has 0 aliphatic carbocycles. The van der Waals surface area contributed by atoms with Gasteiger partial charge in [-0.15, -0.1) is 0 Å². The molecule has 0 saturated heterocycles. The molecular formula is C6H11F5O2. The zero-order chi connectivity index (χ0) is 10.9. The normalized spacial score (nSPS) is 12.7. The number of hydrogen-bond donors (Lipinski definition) is 2. The predicted molar refractivity (Wildman–Crippen MR) is 35.7 cm³/mol. The molecule has 0 aromatic rings. The van der Waals surface area contributed by atoms with E-state index in [4.69, 9.17) is 10.2 Å². The lowest BCUT2D eigenvalue weighted by Gasteiger charge is -1.98. The number of alkyl halides is 5. The molecule has 0 aliphatic heterocycles. The number of aliphatic hydroxyl groups is 2. The van der Waals surface area contributed by atoms with Crippen molar-refractivity contribution >= 4 is 0 Å². The van der Waals surface area contributed by atoms with E-state index in [9.17, 15) is 22.0 Å². The van der Waals surface area contributed by atoms with Crippen molar-refractivity contribution in [3.63, 3.8) is 0 Å². The van der Waals surface area contributed by atoms with Crippen molar-refractivity contribution in [2.45, 2.75) is 25.4 Å². The van der Waals surface area contributed by atoms with Crippen molar-refractivity contribution in [1.29, 1.82) is 0 Å². The van der Waals surface area contributed by atoms with Crippen LogP contribution in [-0.4, -0.2) is 42.4 Å². The Morgan fingerprint density at radius 3 is 1.38 bits per heavy atom. The summed E-state index contributed by atoms with van der Waals surface area (Å²) < 4.78 is 54.8. The average molecular weight is 210 g/mol. The predicted octanol–water partition coefficient (Wildman–Crippen LogP) is 1.22. The van der Waals surface area contributed by atoms with Crippen LogP contribution in [-0.2, 0) is 0 Å². The van der Waals surface area contributed by atoms with Gasteiger partial charge < -0.3 is 10.2 Å². The Morgan fingerprint density at radius 1 is 0.923 bits per heavy atom. The van der Waals surface area contributed by atoms with Gasteiger partial charge >= 0.3 is 0 Å². The van der Waals surface area contributed by atoms with Crippen LogP contribution in [0.1, 0.15) is 6.42 Å². The summed E-state index contributed by atoms with van der Waals surface area (Å²) in [6.45, 7) is -1.52. The minimum absolute atomic E-state index is 0.403. The van der Waals surface area contributed by atoms with Gasteiger partial charge in [-0.25, -0.2) is 22.0 Å². The van der Waals surface area contributed by atoms with E-state index in [1.807, 2.05) is 0 Å². The summed E-state index contributed by atoms with van der Waals surface area (Å²) in [5.74, 6) is 0. The Hall–Kier alpha value is -0.430.